The minimum Gasteiger partial charge on any atom is -0.369 e. The molecule has 0 bridgehead atoms. The summed E-state index contributed by atoms with van der Waals surface area (Å²) in [5, 5.41) is 11.9. The van der Waals surface area contributed by atoms with Gasteiger partial charge in [-0.05, 0) is 19.1 Å². The topological polar surface area (TPSA) is 111 Å². The molecule has 3 N–H and O–H groups in total. The average Bonchev–Trinajstić information content (AvgIpc) is 3.30. The number of anilines is 1. The first-order valence-corrected chi connectivity index (χ1v) is 10.9. The Hall–Kier alpha value is -2.51. The van der Waals surface area contributed by atoms with E-state index < -0.39 is 28.8 Å². The summed E-state index contributed by atoms with van der Waals surface area (Å²) in [6.45, 7) is 1.66. The Labute approximate surface area is 180 Å². The standard InChI is InChI=1S/C17H14F3N5O2S3/c1-8(13(21)27)29-16-22-11(7-28-16)6-12(26)23-15-25-24-14(30-15)9-3-2-4-10(5-9)17(18,19)20/h2-5,7-8H,6H2,1H3,(H2,21,27)(H,23,25,26). The lowest BCUT2D eigenvalue weighted by Gasteiger charge is -2.06. The van der Waals surface area contributed by atoms with E-state index in [2.05, 4.69) is 20.5 Å². The van der Waals surface area contributed by atoms with Crippen LogP contribution < -0.4 is 11.1 Å². The monoisotopic (exact) mass is 473 g/mol. The number of carbonyl (C=O) groups excluding carboxylic acids is 2. The van der Waals surface area contributed by atoms with Crippen molar-refractivity contribution in [2.45, 2.75) is 29.1 Å². The summed E-state index contributed by atoms with van der Waals surface area (Å²) >= 11 is 3.47. The van der Waals surface area contributed by atoms with Crippen molar-refractivity contribution in [3.05, 3.63) is 40.9 Å². The number of nitrogens with two attached hydrogens (primary N) is 1. The number of thioether (sulfide) groups is 1. The highest BCUT2D eigenvalue weighted by Crippen LogP contribution is 2.33. The molecule has 30 heavy (non-hydrogen) atoms. The number of thiazole rings is 1. The van der Waals surface area contributed by atoms with Crippen LogP contribution in [0.3, 0.4) is 0 Å². The van der Waals surface area contributed by atoms with Crippen LogP contribution >= 0.6 is 34.4 Å². The van der Waals surface area contributed by atoms with Crippen molar-refractivity contribution in [2.24, 2.45) is 5.73 Å². The predicted molar refractivity (Wildman–Crippen MR) is 109 cm³/mol. The van der Waals surface area contributed by atoms with E-state index in [0.717, 1.165) is 23.5 Å². The van der Waals surface area contributed by atoms with Crippen LogP contribution in [0.5, 0.6) is 0 Å². The van der Waals surface area contributed by atoms with Gasteiger partial charge < -0.3 is 11.1 Å². The molecule has 3 rings (SSSR count). The number of hydrogen-bond acceptors (Lipinski definition) is 8. The molecule has 0 saturated heterocycles. The molecule has 0 fully saturated rings. The fraction of sp³-hybridized carbons (Fsp3) is 0.235. The van der Waals surface area contributed by atoms with Crippen LogP contribution in [-0.4, -0.2) is 32.2 Å². The lowest BCUT2D eigenvalue weighted by molar-refractivity contribution is -0.137. The van der Waals surface area contributed by atoms with Crippen LogP contribution in [-0.2, 0) is 22.2 Å². The zero-order chi connectivity index (χ0) is 21.9. The highest BCUT2D eigenvalue weighted by molar-refractivity contribution is 8.02. The second-order valence-electron chi connectivity index (χ2n) is 5.98. The SMILES string of the molecule is CC(Sc1nc(CC(=O)Nc2nnc(-c3cccc(C(F)(F)F)c3)s2)cs1)C(N)=O. The minimum absolute atomic E-state index is 0.0273. The largest absolute Gasteiger partial charge is 0.416 e. The van der Waals surface area contributed by atoms with Crippen molar-refractivity contribution < 1.29 is 22.8 Å². The number of aromatic nitrogens is 3. The summed E-state index contributed by atoms with van der Waals surface area (Å²) < 4.78 is 39.2. The quantitative estimate of drug-likeness (QED) is 0.505. The van der Waals surface area contributed by atoms with E-state index in [1.165, 1.54) is 35.2 Å². The van der Waals surface area contributed by atoms with Gasteiger partial charge in [0.2, 0.25) is 16.9 Å². The van der Waals surface area contributed by atoms with Gasteiger partial charge in [0.05, 0.1) is 22.9 Å². The first kappa shape index (κ1) is 22.2. The summed E-state index contributed by atoms with van der Waals surface area (Å²) in [6, 6.07) is 4.73. The number of carbonyl (C=O) groups is 2. The van der Waals surface area contributed by atoms with Crippen LogP contribution in [0.1, 0.15) is 18.2 Å². The Kier molecular flexibility index (Phi) is 6.73. The van der Waals surface area contributed by atoms with Gasteiger partial charge in [-0.15, -0.1) is 21.5 Å². The van der Waals surface area contributed by atoms with Gasteiger partial charge >= 0.3 is 6.18 Å². The second-order valence-corrected chi connectivity index (χ2v) is 9.41. The molecule has 2 aromatic heterocycles. The van der Waals surface area contributed by atoms with Gasteiger partial charge in [-0.1, -0.05) is 35.2 Å². The normalized spacial score (nSPS) is 12.5. The third kappa shape index (κ3) is 5.77. The number of benzene rings is 1. The molecular weight excluding hydrogens is 459 g/mol. The van der Waals surface area contributed by atoms with E-state index in [9.17, 15) is 22.8 Å². The molecule has 2 heterocycles. The Morgan fingerprint density at radius 2 is 2.07 bits per heavy atom. The maximum Gasteiger partial charge on any atom is 0.416 e. The number of halogens is 3. The van der Waals surface area contributed by atoms with Crippen LogP contribution in [0.4, 0.5) is 18.3 Å². The van der Waals surface area contributed by atoms with Crippen LogP contribution in [0, 0.1) is 0 Å². The summed E-state index contributed by atoms with van der Waals surface area (Å²) in [7, 11) is 0. The van der Waals surface area contributed by atoms with Crippen molar-refractivity contribution in [3.8, 4) is 10.6 Å². The lowest BCUT2D eigenvalue weighted by atomic mass is 10.1. The zero-order valence-corrected chi connectivity index (χ0v) is 17.7. The van der Waals surface area contributed by atoms with Gasteiger partial charge in [-0.3, -0.25) is 9.59 Å². The number of alkyl halides is 3. The summed E-state index contributed by atoms with van der Waals surface area (Å²) in [5.74, 6) is -0.853. The fourth-order valence-corrected chi connectivity index (χ4v) is 4.87. The third-order valence-electron chi connectivity index (χ3n) is 3.66. The van der Waals surface area contributed by atoms with Crippen LogP contribution in [0.2, 0.25) is 0 Å². The third-order valence-corrected chi connectivity index (χ3v) is 6.69. The van der Waals surface area contributed by atoms with Gasteiger partial charge in [-0.25, -0.2) is 4.98 Å². The van der Waals surface area contributed by atoms with Crippen LogP contribution in [0.15, 0.2) is 34.0 Å². The number of hydrogen-bond donors (Lipinski definition) is 2. The number of rotatable bonds is 7. The molecule has 1 atom stereocenters. The molecule has 3 aromatic rings. The van der Waals surface area contributed by atoms with Crippen molar-refractivity contribution in [1.29, 1.82) is 0 Å². The number of amides is 2. The molecule has 1 unspecified atom stereocenters. The average molecular weight is 474 g/mol. The van der Waals surface area contributed by atoms with E-state index in [1.54, 1.807) is 12.3 Å². The lowest BCUT2D eigenvalue weighted by Crippen LogP contribution is -2.22. The van der Waals surface area contributed by atoms with Crippen molar-refractivity contribution in [2.75, 3.05) is 5.32 Å². The molecule has 0 saturated carbocycles. The predicted octanol–water partition coefficient (Wildman–Crippen LogP) is 3.83. The number of primary amides is 1. The van der Waals surface area contributed by atoms with Gasteiger partial charge in [0.25, 0.3) is 0 Å². The van der Waals surface area contributed by atoms with Gasteiger partial charge in [0.15, 0.2) is 4.34 Å². The molecule has 7 nitrogen and oxygen atoms in total. The Morgan fingerprint density at radius 1 is 1.30 bits per heavy atom. The van der Waals surface area contributed by atoms with E-state index in [4.69, 9.17) is 5.73 Å². The molecule has 0 spiro atoms. The Balaban J connectivity index is 1.62. The van der Waals surface area contributed by atoms with Crippen molar-refractivity contribution in [3.63, 3.8) is 0 Å². The van der Waals surface area contributed by atoms with Crippen molar-refractivity contribution >= 4 is 51.4 Å². The summed E-state index contributed by atoms with van der Waals surface area (Å²) in [4.78, 5) is 27.6. The first-order valence-electron chi connectivity index (χ1n) is 8.33. The molecule has 0 aliphatic heterocycles. The van der Waals surface area contributed by atoms with E-state index in [0.29, 0.717) is 10.0 Å². The van der Waals surface area contributed by atoms with E-state index in [-0.39, 0.29) is 22.1 Å². The minimum atomic E-state index is -4.46. The van der Waals surface area contributed by atoms with E-state index >= 15 is 0 Å². The second kappa shape index (κ2) is 9.10. The van der Waals surface area contributed by atoms with Gasteiger partial charge in [0.1, 0.15) is 5.01 Å². The van der Waals surface area contributed by atoms with Gasteiger partial charge in [-0.2, -0.15) is 13.2 Å². The van der Waals surface area contributed by atoms with E-state index in [1.807, 2.05) is 0 Å². The highest BCUT2D eigenvalue weighted by atomic mass is 32.2. The summed E-state index contributed by atoms with van der Waals surface area (Å²) in [5.41, 5.74) is 5.20. The van der Waals surface area contributed by atoms with Crippen LogP contribution in [0.25, 0.3) is 10.6 Å². The maximum absolute atomic E-state index is 12.9. The molecule has 0 aliphatic carbocycles. The number of nitrogens with one attached hydrogen (secondary N) is 1. The molecule has 0 aliphatic rings. The zero-order valence-electron chi connectivity index (χ0n) is 15.3. The smallest absolute Gasteiger partial charge is 0.369 e. The number of nitrogens with zero attached hydrogens (tertiary/aromatic N) is 3. The first-order chi connectivity index (χ1) is 14.1. The molecule has 13 heteroatoms. The Morgan fingerprint density at radius 3 is 2.77 bits per heavy atom. The van der Waals surface area contributed by atoms with Gasteiger partial charge in [0, 0.05) is 10.9 Å². The molecule has 158 valence electrons. The molecular formula is C17H14F3N5O2S3. The Bertz CT molecular complexity index is 1070. The molecule has 2 amide bonds. The molecule has 1 aromatic carbocycles. The fourth-order valence-electron chi connectivity index (χ4n) is 2.18. The maximum atomic E-state index is 12.9. The molecule has 0 radical (unpaired) electrons. The van der Waals surface area contributed by atoms with Crippen molar-refractivity contribution in [1.82, 2.24) is 15.2 Å². The highest BCUT2D eigenvalue weighted by Gasteiger charge is 2.30. The summed E-state index contributed by atoms with van der Waals surface area (Å²) in [6.07, 6.45) is -4.49.